The van der Waals surface area contributed by atoms with Crippen LogP contribution in [-0.2, 0) is 12.2 Å². The molecule has 0 amide bonds. The SMILES string of the molecule is Cc1cc(-n2c(SCc3c(F)cccc3Cl)nc3c2C(c2ccc(Cl)c(C)c2)CCC3)ccc1F. The lowest BCUT2D eigenvalue weighted by molar-refractivity contribution is 0.585. The number of hydrogen-bond acceptors (Lipinski definition) is 2. The molecular formula is C28H24Cl2F2N2S. The Bertz CT molecular complexity index is 1400. The van der Waals surface area contributed by atoms with Crippen LogP contribution in [0, 0.1) is 25.5 Å². The number of hydrogen-bond donors (Lipinski definition) is 0. The number of fused-ring (bicyclic) bond motifs is 1. The van der Waals surface area contributed by atoms with Gasteiger partial charge in [-0.3, -0.25) is 4.57 Å². The van der Waals surface area contributed by atoms with Crippen LogP contribution in [0.4, 0.5) is 8.78 Å². The fourth-order valence-electron chi connectivity index (χ4n) is 4.74. The van der Waals surface area contributed by atoms with Crippen molar-refractivity contribution in [1.29, 1.82) is 0 Å². The van der Waals surface area contributed by atoms with Gasteiger partial charge in [-0.1, -0.05) is 53.2 Å². The summed E-state index contributed by atoms with van der Waals surface area (Å²) in [5.41, 5.74) is 6.20. The summed E-state index contributed by atoms with van der Waals surface area (Å²) in [5.74, 6) is -0.120. The number of benzene rings is 3. The summed E-state index contributed by atoms with van der Waals surface area (Å²) in [4.78, 5) is 5.01. The number of aryl methyl sites for hydroxylation is 3. The van der Waals surface area contributed by atoms with Crippen LogP contribution < -0.4 is 0 Å². The minimum absolute atomic E-state index is 0.124. The third kappa shape index (κ3) is 4.74. The minimum Gasteiger partial charge on any atom is -0.291 e. The first-order chi connectivity index (χ1) is 16.8. The Labute approximate surface area is 218 Å². The topological polar surface area (TPSA) is 17.8 Å². The van der Waals surface area contributed by atoms with Gasteiger partial charge in [0.1, 0.15) is 11.6 Å². The van der Waals surface area contributed by atoms with E-state index < -0.39 is 0 Å². The van der Waals surface area contributed by atoms with Crippen molar-refractivity contribution in [2.75, 3.05) is 0 Å². The lowest BCUT2D eigenvalue weighted by Gasteiger charge is -2.26. The monoisotopic (exact) mass is 528 g/mol. The van der Waals surface area contributed by atoms with Crippen molar-refractivity contribution in [3.8, 4) is 5.69 Å². The molecule has 4 aromatic rings. The molecule has 1 aromatic heterocycles. The Kier molecular flexibility index (Phi) is 6.93. The van der Waals surface area contributed by atoms with Crippen molar-refractivity contribution in [2.45, 2.75) is 49.9 Å². The van der Waals surface area contributed by atoms with Crippen molar-refractivity contribution < 1.29 is 8.78 Å². The van der Waals surface area contributed by atoms with E-state index in [9.17, 15) is 8.78 Å². The summed E-state index contributed by atoms with van der Waals surface area (Å²) in [7, 11) is 0. The van der Waals surface area contributed by atoms with Crippen LogP contribution in [0.25, 0.3) is 5.69 Å². The number of nitrogens with zero attached hydrogens (tertiary/aromatic N) is 2. The highest BCUT2D eigenvalue weighted by molar-refractivity contribution is 7.98. The molecule has 1 aliphatic carbocycles. The zero-order valence-corrected chi connectivity index (χ0v) is 21.7. The van der Waals surface area contributed by atoms with E-state index in [2.05, 4.69) is 16.7 Å². The Morgan fingerprint density at radius 3 is 2.54 bits per heavy atom. The van der Waals surface area contributed by atoms with Gasteiger partial charge in [0.15, 0.2) is 5.16 Å². The maximum absolute atomic E-state index is 14.5. The third-order valence-corrected chi connectivity index (χ3v) is 8.33. The predicted octanol–water partition coefficient (Wildman–Crippen LogP) is 8.83. The number of thioether (sulfide) groups is 1. The van der Waals surface area contributed by atoms with E-state index in [1.54, 1.807) is 25.1 Å². The summed E-state index contributed by atoms with van der Waals surface area (Å²) in [6.45, 7) is 3.77. The second kappa shape index (κ2) is 9.96. The van der Waals surface area contributed by atoms with Crippen molar-refractivity contribution in [3.63, 3.8) is 0 Å². The summed E-state index contributed by atoms with van der Waals surface area (Å²) < 4.78 is 30.8. The second-order valence-corrected chi connectivity index (χ2v) is 10.7. The van der Waals surface area contributed by atoms with Crippen LogP contribution in [0.2, 0.25) is 10.0 Å². The van der Waals surface area contributed by atoms with Crippen LogP contribution in [0.5, 0.6) is 0 Å². The second-order valence-electron chi connectivity index (χ2n) is 8.94. The highest BCUT2D eigenvalue weighted by Crippen LogP contribution is 2.42. The van der Waals surface area contributed by atoms with Gasteiger partial charge in [0.25, 0.3) is 0 Å². The minimum atomic E-state index is -0.333. The molecule has 1 aliphatic rings. The zero-order chi connectivity index (χ0) is 24.7. The molecule has 0 spiro atoms. The van der Waals surface area contributed by atoms with Crippen molar-refractivity contribution >= 4 is 35.0 Å². The number of aromatic nitrogens is 2. The molecule has 0 saturated carbocycles. The molecule has 0 fully saturated rings. The van der Waals surface area contributed by atoms with E-state index in [0.717, 1.165) is 52.1 Å². The zero-order valence-electron chi connectivity index (χ0n) is 19.4. The molecule has 3 aromatic carbocycles. The largest absolute Gasteiger partial charge is 0.291 e. The Morgan fingerprint density at radius 2 is 1.80 bits per heavy atom. The molecular weight excluding hydrogens is 505 g/mol. The molecule has 7 heteroatoms. The molecule has 0 bridgehead atoms. The smallest absolute Gasteiger partial charge is 0.173 e. The van der Waals surface area contributed by atoms with Gasteiger partial charge >= 0.3 is 0 Å². The van der Waals surface area contributed by atoms with Gasteiger partial charge < -0.3 is 0 Å². The van der Waals surface area contributed by atoms with Crippen LogP contribution >= 0.6 is 35.0 Å². The van der Waals surface area contributed by atoms with E-state index in [4.69, 9.17) is 28.2 Å². The Balaban J connectivity index is 1.64. The van der Waals surface area contributed by atoms with Crippen molar-refractivity contribution in [3.05, 3.63) is 110 Å². The highest BCUT2D eigenvalue weighted by Gasteiger charge is 2.30. The van der Waals surface area contributed by atoms with Gasteiger partial charge in [0, 0.05) is 33.0 Å². The Hall–Kier alpha value is -2.34. The third-order valence-electron chi connectivity index (χ3n) is 6.59. The molecule has 35 heavy (non-hydrogen) atoms. The highest BCUT2D eigenvalue weighted by atomic mass is 35.5. The van der Waals surface area contributed by atoms with E-state index in [0.29, 0.717) is 21.9 Å². The molecule has 5 rings (SSSR count). The summed E-state index contributed by atoms with van der Waals surface area (Å²) in [6, 6.07) is 16.0. The quantitative estimate of drug-likeness (QED) is 0.241. The van der Waals surface area contributed by atoms with Gasteiger partial charge in [-0.15, -0.1) is 0 Å². The molecule has 2 nitrogen and oxygen atoms in total. The van der Waals surface area contributed by atoms with Crippen LogP contribution in [0.15, 0.2) is 59.8 Å². The average molecular weight is 529 g/mol. The number of halogens is 4. The first-order valence-corrected chi connectivity index (χ1v) is 13.3. The van der Waals surface area contributed by atoms with E-state index in [-0.39, 0.29) is 17.6 Å². The molecule has 1 unspecified atom stereocenters. The first-order valence-electron chi connectivity index (χ1n) is 11.5. The normalized spacial score (nSPS) is 15.3. The molecule has 1 atom stereocenters. The fourth-order valence-corrected chi connectivity index (χ4v) is 6.24. The van der Waals surface area contributed by atoms with E-state index in [1.807, 2.05) is 19.1 Å². The number of imidazole rings is 1. The Morgan fingerprint density at radius 1 is 0.971 bits per heavy atom. The molecule has 0 aliphatic heterocycles. The molecule has 1 heterocycles. The van der Waals surface area contributed by atoms with E-state index >= 15 is 0 Å². The number of rotatable bonds is 5. The first kappa shape index (κ1) is 24.4. The van der Waals surface area contributed by atoms with Crippen LogP contribution in [-0.4, -0.2) is 9.55 Å². The van der Waals surface area contributed by atoms with Crippen molar-refractivity contribution in [1.82, 2.24) is 9.55 Å². The maximum atomic E-state index is 14.5. The molecule has 0 radical (unpaired) electrons. The lowest BCUT2D eigenvalue weighted by atomic mass is 9.83. The molecule has 0 saturated heterocycles. The van der Waals surface area contributed by atoms with Crippen molar-refractivity contribution in [2.24, 2.45) is 0 Å². The van der Waals surface area contributed by atoms with Crippen LogP contribution in [0.3, 0.4) is 0 Å². The fraction of sp³-hybridized carbons (Fsp3) is 0.250. The van der Waals surface area contributed by atoms with Gasteiger partial charge in [-0.25, -0.2) is 13.8 Å². The standard InChI is InChI=1S/C28H24Cl2F2N2S/c1-16-13-18(9-11-22(16)29)20-5-3-8-26-27(20)34(19-10-12-24(31)17(2)14-19)28(33-26)35-15-21-23(30)6-4-7-25(21)32/h4,6-7,9-14,20H,3,5,8,15H2,1-2H3. The van der Waals surface area contributed by atoms with Gasteiger partial charge in [-0.2, -0.15) is 0 Å². The molecule has 0 N–H and O–H groups in total. The van der Waals surface area contributed by atoms with Gasteiger partial charge in [0.2, 0.25) is 0 Å². The summed E-state index contributed by atoms with van der Waals surface area (Å²) >= 11 is 14.0. The lowest BCUT2D eigenvalue weighted by Crippen LogP contribution is -2.15. The maximum Gasteiger partial charge on any atom is 0.173 e. The van der Waals surface area contributed by atoms with Crippen LogP contribution in [0.1, 0.15) is 52.4 Å². The van der Waals surface area contributed by atoms with E-state index in [1.165, 1.54) is 29.5 Å². The summed E-state index contributed by atoms with van der Waals surface area (Å²) in [5, 5.41) is 1.89. The average Bonchev–Trinajstić information content (AvgIpc) is 3.21. The van der Waals surface area contributed by atoms with Gasteiger partial charge in [-0.05, 0) is 86.2 Å². The molecule has 180 valence electrons. The summed E-state index contributed by atoms with van der Waals surface area (Å²) in [6.07, 6.45) is 2.85. The predicted molar refractivity (Wildman–Crippen MR) is 140 cm³/mol. The van der Waals surface area contributed by atoms with Gasteiger partial charge in [0.05, 0.1) is 11.4 Å².